The van der Waals surface area contributed by atoms with E-state index >= 15 is 0 Å². The van der Waals surface area contributed by atoms with Gasteiger partial charge in [-0.3, -0.25) is 0 Å². The van der Waals surface area contributed by atoms with Crippen molar-refractivity contribution in [1.29, 1.82) is 0 Å². The van der Waals surface area contributed by atoms with Crippen LogP contribution in [-0.4, -0.2) is 31.3 Å². The molecular weight excluding hydrogens is 332 g/mol. The van der Waals surface area contributed by atoms with E-state index in [1.54, 1.807) is 7.05 Å². The van der Waals surface area contributed by atoms with Crippen LogP contribution in [0.25, 0.3) is 0 Å². The van der Waals surface area contributed by atoms with E-state index in [4.69, 9.17) is 5.84 Å². The first-order chi connectivity index (χ1) is 8.78. The second kappa shape index (κ2) is 6.65. The number of hydrogen-bond acceptors (Lipinski definition) is 5. The van der Waals surface area contributed by atoms with Crippen LogP contribution >= 0.6 is 15.9 Å². The Labute approximate surface area is 122 Å². The number of anilines is 1. The van der Waals surface area contributed by atoms with E-state index in [1.807, 2.05) is 13.8 Å². The van der Waals surface area contributed by atoms with Crippen LogP contribution in [0.1, 0.15) is 20.3 Å². The zero-order valence-electron chi connectivity index (χ0n) is 11.2. The van der Waals surface area contributed by atoms with Gasteiger partial charge in [-0.05, 0) is 34.3 Å². The van der Waals surface area contributed by atoms with Gasteiger partial charge in [0, 0.05) is 24.3 Å². The molecule has 0 saturated heterocycles. The van der Waals surface area contributed by atoms with E-state index in [9.17, 15) is 8.42 Å². The van der Waals surface area contributed by atoms with E-state index in [0.717, 1.165) is 6.42 Å². The zero-order chi connectivity index (χ0) is 14.6. The Morgan fingerprint density at radius 3 is 2.68 bits per heavy atom. The molecular formula is C11H19BrN4O2S. The largest absolute Gasteiger partial charge is 0.307 e. The highest BCUT2D eigenvalue weighted by atomic mass is 79.9. The summed E-state index contributed by atoms with van der Waals surface area (Å²) in [6.07, 6.45) is 2.28. The van der Waals surface area contributed by atoms with Gasteiger partial charge in [-0.25, -0.2) is 23.5 Å². The molecule has 0 amide bonds. The Morgan fingerprint density at radius 1 is 1.53 bits per heavy atom. The van der Waals surface area contributed by atoms with Crippen LogP contribution in [0.2, 0.25) is 0 Å². The summed E-state index contributed by atoms with van der Waals surface area (Å²) in [5.41, 5.74) is 2.31. The summed E-state index contributed by atoms with van der Waals surface area (Å²) in [6.45, 7) is 4.55. The minimum Gasteiger partial charge on any atom is -0.307 e. The minimum absolute atomic E-state index is 0.0654. The molecule has 1 aromatic heterocycles. The first-order valence-electron chi connectivity index (χ1n) is 5.87. The van der Waals surface area contributed by atoms with Crippen LogP contribution in [0, 0.1) is 5.92 Å². The number of nitrogens with one attached hydrogen (secondary N) is 1. The summed E-state index contributed by atoms with van der Waals surface area (Å²) in [6, 6.07) is 1.49. The van der Waals surface area contributed by atoms with Crippen LogP contribution in [0.15, 0.2) is 21.6 Å². The number of nitrogens with two attached hydrogens (primary N) is 1. The maximum absolute atomic E-state index is 12.4. The van der Waals surface area contributed by atoms with Crippen LogP contribution in [0.3, 0.4) is 0 Å². The fourth-order valence-corrected chi connectivity index (χ4v) is 3.25. The molecule has 108 valence electrons. The molecule has 0 fully saturated rings. The molecule has 3 N–H and O–H groups in total. The van der Waals surface area contributed by atoms with E-state index in [1.165, 1.54) is 16.6 Å². The lowest BCUT2D eigenvalue weighted by Gasteiger charge is -2.19. The number of sulfonamides is 1. The third kappa shape index (κ3) is 4.13. The second-order valence-electron chi connectivity index (χ2n) is 4.65. The third-order valence-electron chi connectivity index (χ3n) is 2.67. The average Bonchev–Trinajstić information content (AvgIpc) is 2.35. The molecule has 19 heavy (non-hydrogen) atoms. The van der Waals surface area contributed by atoms with Crippen LogP contribution in [0.5, 0.6) is 0 Å². The van der Waals surface area contributed by atoms with Gasteiger partial charge in [0.15, 0.2) is 5.82 Å². The lowest BCUT2D eigenvalue weighted by molar-refractivity contribution is 0.428. The van der Waals surface area contributed by atoms with Crippen molar-refractivity contribution in [3.05, 3.63) is 16.7 Å². The monoisotopic (exact) mass is 350 g/mol. The highest BCUT2D eigenvalue weighted by molar-refractivity contribution is 9.10. The molecule has 6 nitrogen and oxygen atoms in total. The second-order valence-corrected chi connectivity index (χ2v) is 7.58. The molecule has 0 aliphatic carbocycles. The normalized spacial score (nSPS) is 12.2. The van der Waals surface area contributed by atoms with Gasteiger partial charge in [0.05, 0.1) is 0 Å². The molecule has 0 aliphatic heterocycles. The van der Waals surface area contributed by atoms with E-state index < -0.39 is 10.0 Å². The number of halogens is 1. The van der Waals surface area contributed by atoms with Crippen molar-refractivity contribution in [2.75, 3.05) is 19.0 Å². The third-order valence-corrected chi connectivity index (χ3v) is 4.97. The molecule has 1 heterocycles. The van der Waals surface area contributed by atoms with Crippen LogP contribution < -0.4 is 11.3 Å². The number of hydrogen-bond donors (Lipinski definition) is 2. The molecule has 0 atom stereocenters. The van der Waals surface area contributed by atoms with Gasteiger partial charge in [-0.15, -0.1) is 0 Å². The van der Waals surface area contributed by atoms with Crippen molar-refractivity contribution in [3.8, 4) is 0 Å². The number of pyridine rings is 1. The minimum atomic E-state index is -3.60. The highest BCUT2D eigenvalue weighted by Crippen LogP contribution is 2.25. The number of rotatable bonds is 6. The first-order valence-corrected chi connectivity index (χ1v) is 8.10. The molecule has 0 aliphatic rings. The molecule has 0 saturated carbocycles. The van der Waals surface area contributed by atoms with Gasteiger partial charge < -0.3 is 5.43 Å². The topological polar surface area (TPSA) is 88.3 Å². The predicted molar refractivity (Wildman–Crippen MR) is 79.0 cm³/mol. The van der Waals surface area contributed by atoms with Gasteiger partial charge in [0.25, 0.3) is 0 Å². The first kappa shape index (κ1) is 16.4. The number of aromatic nitrogens is 1. The lowest BCUT2D eigenvalue weighted by atomic mass is 10.1. The molecule has 1 rings (SSSR count). The molecule has 0 radical (unpaired) electrons. The van der Waals surface area contributed by atoms with Gasteiger partial charge in [-0.1, -0.05) is 13.8 Å². The number of hydrazine groups is 1. The van der Waals surface area contributed by atoms with Crippen molar-refractivity contribution in [2.24, 2.45) is 11.8 Å². The summed E-state index contributed by atoms with van der Waals surface area (Å²) >= 11 is 3.22. The van der Waals surface area contributed by atoms with Crippen molar-refractivity contribution < 1.29 is 8.42 Å². The Morgan fingerprint density at radius 2 is 2.16 bits per heavy atom. The molecule has 1 aromatic rings. The molecule has 0 spiro atoms. The predicted octanol–water partition coefficient (Wildman–Crippen LogP) is 1.80. The Kier molecular flexibility index (Phi) is 5.72. The van der Waals surface area contributed by atoms with Crippen LogP contribution in [0.4, 0.5) is 5.82 Å². The fraction of sp³-hybridized carbons (Fsp3) is 0.545. The SMILES string of the molecule is CC(C)CCN(C)S(=O)(=O)c1cc(Br)cnc1NN. The van der Waals surface area contributed by atoms with Crippen molar-refractivity contribution in [2.45, 2.75) is 25.2 Å². The average molecular weight is 351 g/mol. The van der Waals surface area contributed by atoms with Crippen molar-refractivity contribution >= 4 is 31.8 Å². The van der Waals surface area contributed by atoms with Crippen molar-refractivity contribution in [3.63, 3.8) is 0 Å². The summed E-state index contributed by atoms with van der Waals surface area (Å²) in [4.78, 5) is 4.02. The van der Waals surface area contributed by atoms with Gasteiger partial charge in [-0.2, -0.15) is 0 Å². The quantitative estimate of drug-likeness (QED) is 0.603. The van der Waals surface area contributed by atoms with E-state index in [2.05, 4.69) is 26.3 Å². The number of nitrogens with zero attached hydrogens (tertiary/aromatic N) is 2. The van der Waals surface area contributed by atoms with Gasteiger partial charge in [0.1, 0.15) is 4.90 Å². The maximum Gasteiger partial charge on any atom is 0.246 e. The fourth-order valence-electron chi connectivity index (χ4n) is 1.45. The van der Waals surface area contributed by atoms with Gasteiger partial charge in [0.2, 0.25) is 10.0 Å². The van der Waals surface area contributed by atoms with Crippen LogP contribution in [-0.2, 0) is 10.0 Å². The van der Waals surface area contributed by atoms with Gasteiger partial charge >= 0.3 is 0 Å². The Hall–Kier alpha value is -0.700. The summed E-state index contributed by atoms with van der Waals surface area (Å²) in [5, 5.41) is 0. The van der Waals surface area contributed by atoms with E-state index in [0.29, 0.717) is 16.9 Å². The maximum atomic E-state index is 12.4. The summed E-state index contributed by atoms with van der Waals surface area (Å²) < 4.78 is 26.8. The summed E-state index contributed by atoms with van der Waals surface area (Å²) in [5.74, 6) is 5.88. The zero-order valence-corrected chi connectivity index (χ0v) is 13.6. The molecule has 0 bridgehead atoms. The smallest absolute Gasteiger partial charge is 0.246 e. The lowest BCUT2D eigenvalue weighted by Crippen LogP contribution is -2.30. The Bertz CT molecular complexity index is 533. The molecule has 8 heteroatoms. The Balaban J connectivity index is 3.09. The van der Waals surface area contributed by atoms with E-state index in [-0.39, 0.29) is 10.7 Å². The molecule has 0 unspecified atom stereocenters. The highest BCUT2D eigenvalue weighted by Gasteiger charge is 2.25. The molecule has 0 aromatic carbocycles. The summed E-state index contributed by atoms with van der Waals surface area (Å²) in [7, 11) is -2.05. The number of nitrogen functional groups attached to an aromatic ring is 1. The van der Waals surface area contributed by atoms with Crippen molar-refractivity contribution in [1.82, 2.24) is 9.29 Å². The standard InChI is InChI=1S/C11H19BrN4O2S/c1-8(2)4-5-16(3)19(17,18)10-6-9(12)7-14-11(10)15-13/h6-8H,4-5,13H2,1-3H3,(H,14,15).